The maximum atomic E-state index is 13.0. The third kappa shape index (κ3) is 12.0. The number of carbonyl (C=O) groups excluding carboxylic acids is 1. The molecule has 0 aromatic carbocycles. The van der Waals surface area contributed by atoms with Crippen LogP contribution in [0.3, 0.4) is 0 Å². The van der Waals surface area contributed by atoms with Crippen molar-refractivity contribution in [2.24, 2.45) is 5.92 Å². The van der Waals surface area contributed by atoms with Crippen molar-refractivity contribution in [2.45, 2.75) is 135 Å². The van der Waals surface area contributed by atoms with Gasteiger partial charge in [0, 0.05) is 10.2 Å². The molecule has 27 heavy (non-hydrogen) atoms. The number of rotatable bonds is 19. The van der Waals surface area contributed by atoms with Crippen LogP contribution in [0.1, 0.15) is 130 Å². The van der Waals surface area contributed by atoms with Crippen molar-refractivity contribution in [3.63, 3.8) is 0 Å². The van der Waals surface area contributed by atoms with E-state index in [1.165, 1.54) is 77.0 Å². The molecule has 0 aliphatic carbocycles. The van der Waals surface area contributed by atoms with E-state index < -0.39 is 0 Å². The van der Waals surface area contributed by atoms with Gasteiger partial charge in [0.2, 0.25) is 0 Å². The molecule has 0 spiro atoms. The zero-order chi connectivity index (χ0) is 20.4. The van der Waals surface area contributed by atoms with Crippen molar-refractivity contribution < 1.29 is 9.53 Å². The number of hydrogen-bond donors (Lipinski definition) is 0. The summed E-state index contributed by atoms with van der Waals surface area (Å²) in [5.41, 5.74) is 0. The minimum Gasteiger partial charge on any atom is -0.466 e. The topological polar surface area (TPSA) is 26.3 Å². The van der Waals surface area contributed by atoms with Crippen LogP contribution < -0.4 is 0 Å². The second-order valence-corrected chi connectivity index (χ2v) is 10.5. The van der Waals surface area contributed by atoms with Crippen LogP contribution in [0, 0.1) is 5.92 Å². The molecule has 2 unspecified atom stereocenters. The summed E-state index contributed by atoms with van der Waals surface area (Å²) >= 11 is 0. The quantitative estimate of drug-likeness (QED) is 0.133. The van der Waals surface area contributed by atoms with Crippen LogP contribution in [0.2, 0.25) is 5.04 Å². The maximum Gasteiger partial charge on any atom is 0.308 e. The largest absolute Gasteiger partial charge is 0.466 e. The van der Waals surface area contributed by atoms with Crippen LogP contribution in [0.15, 0.2) is 0 Å². The molecule has 3 heteroatoms. The van der Waals surface area contributed by atoms with E-state index >= 15 is 0 Å². The number of hydrogen-bond acceptors (Lipinski definition) is 2. The number of carbonyl (C=O) groups is 1. The Bertz CT molecular complexity index is 345. The molecule has 0 saturated carbocycles. The molecular weight excluding hydrogens is 348 g/mol. The van der Waals surface area contributed by atoms with E-state index in [0.29, 0.717) is 12.5 Å². The van der Waals surface area contributed by atoms with Crippen LogP contribution in [0.4, 0.5) is 0 Å². The van der Waals surface area contributed by atoms with Crippen LogP contribution >= 0.6 is 0 Å². The van der Waals surface area contributed by atoms with Gasteiger partial charge in [0.15, 0.2) is 0 Å². The first-order valence-corrected chi connectivity index (χ1v) is 13.2. The summed E-state index contributed by atoms with van der Waals surface area (Å²) in [5, 5.41) is -0.158. The van der Waals surface area contributed by atoms with Gasteiger partial charge in [-0.2, -0.15) is 0 Å². The fourth-order valence-corrected chi connectivity index (χ4v) is 5.69. The lowest BCUT2D eigenvalue weighted by atomic mass is 9.81. The van der Waals surface area contributed by atoms with Crippen LogP contribution in [-0.2, 0) is 9.53 Å². The van der Waals surface area contributed by atoms with Gasteiger partial charge in [0.25, 0.3) is 0 Å². The molecule has 0 fully saturated rings. The van der Waals surface area contributed by atoms with Gasteiger partial charge in [-0.15, -0.1) is 0 Å². The summed E-state index contributed by atoms with van der Waals surface area (Å²) in [6, 6.07) is 0. The summed E-state index contributed by atoms with van der Waals surface area (Å²) in [6.07, 6.45) is 19.9. The summed E-state index contributed by atoms with van der Waals surface area (Å²) in [6.45, 7) is 9.63. The third-order valence-corrected chi connectivity index (χ3v) is 7.99. The lowest BCUT2D eigenvalue weighted by Gasteiger charge is -2.35. The monoisotopic (exact) mass is 398 g/mol. The van der Waals surface area contributed by atoms with Gasteiger partial charge in [-0.05, 0) is 25.2 Å². The number of esters is 1. The third-order valence-electron chi connectivity index (χ3n) is 6.27. The van der Waals surface area contributed by atoms with E-state index in [4.69, 9.17) is 4.74 Å². The van der Waals surface area contributed by atoms with E-state index in [1.807, 2.05) is 0 Å². The minimum atomic E-state index is -0.158. The average molecular weight is 399 g/mol. The zero-order valence-corrected chi connectivity index (χ0v) is 21.4. The Hall–Kier alpha value is -0.313. The highest BCUT2D eigenvalue weighted by Crippen LogP contribution is 2.43. The molecule has 0 bridgehead atoms. The van der Waals surface area contributed by atoms with E-state index in [-0.39, 0.29) is 11.0 Å². The van der Waals surface area contributed by atoms with Gasteiger partial charge < -0.3 is 4.74 Å². The van der Waals surface area contributed by atoms with E-state index in [0.717, 1.165) is 35.9 Å². The molecule has 0 heterocycles. The number of ether oxygens (including phenoxy) is 1. The van der Waals surface area contributed by atoms with Gasteiger partial charge in [0.05, 0.1) is 11.6 Å². The molecule has 0 aliphatic heterocycles. The molecular formula is C24H50O2Si. The molecule has 0 amide bonds. The molecule has 0 rings (SSSR count). The molecule has 0 N–H and O–H groups in total. The van der Waals surface area contributed by atoms with Crippen molar-refractivity contribution in [3.05, 3.63) is 0 Å². The predicted octanol–water partition coefficient (Wildman–Crippen LogP) is 6.99. The standard InChI is InChI=1S/C24H50O2Si/c1-5-9-11-13-15-17-19-22(8-4)24(27,20-7-3)23(25)26-21-18-16-14-12-10-6-2/h22H,5-21H2,1-4,27H3. The Balaban J connectivity index is 4.36. The first kappa shape index (κ1) is 26.7. The van der Waals surface area contributed by atoms with Gasteiger partial charge >= 0.3 is 5.97 Å². The highest BCUT2D eigenvalue weighted by atomic mass is 28.1. The highest BCUT2D eigenvalue weighted by Gasteiger charge is 2.40. The Kier molecular flexibility index (Phi) is 17.6. The molecule has 0 radical (unpaired) electrons. The Morgan fingerprint density at radius 1 is 0.778 bits per heavy atom. The van der Waals surface area contributed by atoms with E-state index in [9.17, 15) is 4.79 Å². The van der Waals surface area contributed by atoms with Crippen molar-refractivity contribution in [1.82, 2.24) is 0 Å². The van der Waals surface area contributed by atoms with E-state index in [1.54, 1.807) is 0 Å². The first-order chi connectivity index (χ1) is 13.1. The molecule has 2 atom stereocenters. The highest BCUT2D eigenvalue weighted by molar-refractivity contribution is 6.27. The second-order valence-electron chi connectivity index (χ2n) is 8.73. The lowest BCUT2D eigenvalue weighted by molar-refractivity contribution is -0.150. The Morgan fingerprint density at radius 3 is 1.81 bits per heavy atom. The average Bonchev–Trinajstić information content (AvgIpc) is 2.66. The van der Waals surface area contributed by atoms with E-state index in [2.05, 4.69) is 27.7 Å². The zero-order valence-electron chi connectivity index (χ0n) is 19.4. The predicted molar refractivity (Wildman–Crippen MR) is 124 cm³/mol. The van der Waals surface area contributed by atoms with Crippen molar-refractivity contribution >= 4 is 16.2 Å². The fourth-order valence-electron chi connectivity index (χ4n) is 4.35. The summed E-state index contributed by atoms with van der Waals surface area (Å²) < 4.78 is 5.80. The Labute approximate surface area is 174 Å². The second kappa shape index (κ2) is 17.8. The SMILES string of the molecule is CCCCCCCCOC(=O)C([SiH3])(CCC)C(CC)CCCCCCCC. The van der Waals surface area contributed by atoms with Gasteiger partial charge in [-0.1, -0.05) is 111 Å². The molecule has 2 nitrogen and oxygen atoms in total. The first-order valence-electron chi connectivity index (χ1n) is 12.2. The van der Waals surface area contributed by atoms with Crippen molar-refractivity contribution in [2.75, 3.05) is 6.61 Å². The van der Waals surface area contributed by atoms with Crippen LogP contribution in [-0.4, -0.2) is 22.8 Å². The Morgan fingerprint density at radius 2 is 1.30 bits per heavy atom. The minimum absolute atomic E-state index is 0.127. The summed E-state index contributed by atoms with van der Waals surface area (Å²) in [5.74, 6) is 0.648. The van der Waals surface area contributed by atoms with Gasteiger partial charge in [0.1, 0.15) is 0 Å². The van der Waals surface area contributed by atoms with Gasteiger partial charge in [-0.25, -0.2) is 0 Å². The maximum absolute atomic E-state index is 13.0. The molecule has 0 saturated heterocycles. The summed E-state index contributed by atoms with van der Waals surface area (Å²) in [4.78, 5) is 13.0. The molecule has 0 aromatic heterocycles. The number of unbranched alkanes of at least 4 members (excludes halogenated alkanes) is 10. The van der Waals surface area contributed by atoms with Gasteiger partial charge in [-0.3, -0.25) is 4.79 Å². The van der Waals surface area contributed by atoms with Crippen molar-refractivity contribution in [3.8, 4) is 0 Å². The molecule has 162 valence electrons. The van der Waals surface area contributed by atoms with Crippen LogP contribution in [0.25, 0.3) is 0 Å². The molecule has 0 aliphatic rings. The van der Waals surface area contributed by atoms with Crippen molar-refractivity contribution in [1.29, 1.82) is 0 Å². The smallest absolute Gasteiger partial charge is 0.308 e. The lowest BCUT2D eigenvalue weighted by Crippen LogP contribution is -2.34. The summed E-state index contributed by atoms with van der Waals surface area (Å²) in [7, 11) is 0.921. The van der Waals surface area contributed by atoms with Crippen LogP contribution in [0.5, 0.6) is 0 Å². The molecule has 0 aromatic rings. The fraction of sp³-hybridized carbons (Fsp3) is 0.958. The normalized spacial score (nSPS) is 14.8.